The van der Waals surface area contributed by atoms with E-state index in [-0.39, 0.29) is 42.2 Å². The van der Waals surface area contributed by atoms with Crippen LogP contribution in [0.15, 0.2) is 11.0 Å². The van der Waals surface area contributed by atoms with Crippen LogP contribution in [0.2, 0.25) is 0 Å². The molecule has 0 saturated heterocycles. The maximum Gasteiger partial charge on any atom is 1.00 e. The average Bonchev–Trinajstić information content (AvgIpc) is 2.33. The van der Waals surface area contributed by atoms with Gasteiger partial charge in [0.15, 0.2) is 0 Å². The third-order valence-electron chi connectivity index (χ3n) is 2.47. The molecule has 0 unspecified atom stereocenters. The van der Waals surface area contributed by atoms with Gasteiger partial charge in [-0.05, 0) is 6.42 Å². The molecule has 0 saturated carbocycles. The van der Waals surface area contributed by atoms with E-state index in [1.54, 1.807) is 0 Å². The number of aliphatic carboxylic acids is 1. The molecule has 0 bridgehead atoms. The summed E-state index contributed by atoms with van der Waals surface area (Å²) in [7, 11) is -5.19. The van der Waals surface area contributed by atoms with Gasteiger partial charge in [0.1, 0.15) is 15.0 Å². The van der Waals surface area contributed by atoms with Crippen LogP contribution in [0.5, 0.6) is 0 Å². The maximum atomic E-state index is 11.2. The molecule has 9 heteroatoms. The minimum Gasteiger partial charge on any atom is -0.744 e. The summed E-state index contributed by atoms with van der Waals surface area (Å²) in [6.45, 7) is 2.16. The van der Waals surface area contributed by atoms with Crippen molar-refractivity contribution in [2.75, 3.05) is 6.61 Å². The monoisotopic (exact) mass is 330 g/mol. The first-order chi connectivity index (χ1) is 9.29. The van der Waals surface area contributed by atoms with Gasteiger partial charge in [-0.3, -0.25) is 0 Å². The molecule has 0 spiro atoms. The number of hydrogen-bond acceptors (Lipinski definition) is 6. The van der Waals surface area contributed by atoms with E-state index in [2.05, 4.69) is 11.7 Å². The number of carboxylic acids is 1. The standard InChI is InChI=1S/C12H20O7S.Na/c1-2-3-4-5-6-7-8-19-11(13)9-10(12(14)15)20(16,17)18;/h9H,2-8H2,1H3,(H,14,15)(H,16,17,18);/q;+1/p-1/b10-9-;. The Morgan fingerprint density at radius 1 is 1.14 bits per heavy atom. The average molecular weight is 330 g/mol. The molecule has 0 aromatic carbocycles. The molecule has 0 rings (SSSR count). The molecular weight excluding hydrogens is 311 g/mol. The van der Waals surface area contributed by atoms with Crippen LogP contribution in [-0.2, 0) is 24.4 Å². The van der Waals surface area contributed by atoms with E-state index in [4.69, 9.17) is 5.11 Å². The van der Waals surface area contributed by atoms with Crippen LogP contribution in [0.1, 0.15) is 45.4 Å². The molecule has 0 amide bonds. The number of rotatable bonds is 10. The number of unbranched alkanes of at least 4 members (excludes halogenated alkanes) is 5. The zero-order chi connectivity index (χ0) is 15.6. The predicted molar refractivity (Wildman–Crippen MR) is 69.8 cm³/mol. The maximum absolute atomic E-state index is 11.2. The van der Waals surface area contributed by atoms with Crippen molar-refractivity contribution in [3.8, 4) is 0 Å². The van der Waals surface area contributed by atoms with Gasteiger partial charge in [-0.15, -0.1) is 0 Å². The molecule has 0 aromatic rings. The van der Waals surface area contributed by atoms with E-state index < -0.39 is 27.0 Å². The van der Waals surface area contributed by atoms with Gasteiger partial charge in [0.25, 0.3) is 0 Å². The Morgan fingerprint density at radius 2 is 1.67 bits per heavy atom. The number of esters is 1. The van der Waals surface area contributed by atoms with Crippen molar-refractivity contribution in [3.63, 3.8) is 0 Å². The van der Waals surface area contributed by atoms with Gasteiger partial charge in [-0.2, -0.15) is 0 Å². The summed E-state index contributed by atoms with van der Waals surface area (Å²) in [5.41, 5.74) is 0. The Hall–Kier alpha value is -0.410. The molecule has 1 N–H and O–H groups in total. The molecule has 21 heavy (non-hydrogen) atoms. The van der Waals surface area contributed by atoms with E-state index in [1.807, 2.05) is 0 Å². The molecule has 116 valence electrons. The van der Waals surface area contributed by atoms with Crippen molar-refractivity contribution in [2.24, 2.45) is 0 Å². The number of hydrogen-bond donors (Lipinski definition) is 1. The van der Waals surface area contributed by atoms with E-state index in [0.717, 1.165) is 32.1 Å². The van der Waals surface area contributed by atoms with Gasteiger partial charge >= 0.3 is 41.5 Å². The SMILES string of the molecule is CCCCCCCCOC(=O)/C=C(/C(=O)O)S(=O)(=O)[O-].[Na+]. The summed E-state index contributed by atoms with van der Waals surface area (Å²) >= 11 is 0. The van der Waals surface area contributed by atoms with Crippen LogP contribution in [0.25, 0.3) is 0 Å². The van der Waals surface area contributed by atoms with Crippen molar-refractivity contribution in [3.05, 3.63) is 11.0 Å². The van der Waals surface area contributed by atoms with Crippen molar-refractivity contribution in [1.29, 1.82) is 0 Å². The van der Waals surface area contributed by atoms with Crippen molar-refractivity contribution >= 4 is 22.1 Å². The van der Waals surface area contributed by atoms with E-state index in [9.17, 15) is 22.6 Å². The van der Waals surface area contributed by atoms with Crippen LogP contribution in [0, 0.1) is 0 Å². The topological polar surface area (TPSA) is 121 Å². The van der Waals surface area contributed by atoms with Gasteiger partial charge in [-0.25, -0.2) is 18.0 Å². The van der Waals surface area contributed by atoms with Crippen LogP contribution in [-0.4, -0.2) is 36.6 Å². The van der Waals surface area contributed by atoms with E-state index >= 15 is 0 Å². The number of carboxylic acid groups (broad SMARTS) is 1. The zero-order valence-corrected chi connectivity index (χ0v) is 15.1. The third kappa shape index (κ3) is 11.9. The number of carbonyl (C=O) groups excluding carboxylic acids is 1. The summed E-state index contributed by atoms with van der Waals surface area (Å²) in [5.74, 6) is -3.12. The van der Waals surface area contributed by atoms with Crippen molar-refractivity contribution < 1.29 is 62.0 Å². The Labute approximate surface area is 146 Å². The number of carbonyl (C=O) groups is 2. The van der Waals surface area contributed by atoms with Gasteiger partial charge in [0.05, 0.1) is 6.61 Å². The predicted octanol–water partition coefficient (Wildman–Crippen LogP) is -1.59. The zero-order valence-electron chi connectivity index (χ0n) is 12.3. The molecule has 0 aliphatic carbocycles. The van der Waals surface area contributed by atoms with Gasteiger partial charge in [0.2, 0.25) is 0 Å². The summed E-state index contributed by atoms with van der Waals surface area (Å²) in [6.07, 6.45) is 6.05. The molecule has 0 fully saturated rings. The molecule has 0 atom stereocenters. The largest absolute Gasteiger partial charge is 1.00 e. The first-order valence-corrected chi connectivity index (χ1v) is 7.77. The van der Waals surface area contributed by atoms with Crippen LogP contribution >= 0.6 is 0 Å². The minimum atomic E-state index is -5.19. The fraction of sp³-hybridized carbons (Fsp3) is 0.667. The summed E-state index contributed by atoms with van der Waals surface area (Å²) in [4.78, 5) is 20.2. The smallest absolute Gasteiger partial charge is 0.744 e. The molecular formula is C12H19NaO7S. The van der Waals surface area contributed by atoms with Crippen molar-refractivity contribution in [2.45, 2.75) is 45.4 Å². The molecule has 0 heterocycles. The van der Waals surface area contributed by atoms with Gasteiger partial charge in [0, 0.05) is 6.08 Å². The molecule has 0 radical (unpaired) electrons. The Balaban J connectivity index is 0. The molecule has 7 nitrogen and oxygen atoms in total. The third-order valence-corrected chi connectivity index (χ3v) is 3.30. The van der Waals surface area contributed by atoms with Gasteiger partial charge in [-0.1, -0.05) is 39.0 Å². The quantitative estimate of drug-likeness (QED) is 0.168. The van der Waals surface area contributed by atoms with E-state index in [1.165, 1.54) is 0 Å². The first kappa shape index (κ1) is 22.9. The summed E-state index contributed by atoms with van der Waals surface area (Å²) < 4.78 is 36.4. The molecule has 0 aromatic heterocycles. The molecule has 0 aliphatic heterocycles. The Kier molecular flexibility index (Phi) is 13.2. The Morgan fingerprint density at radius 3 is 2.14 bits per heavy atom. The fourth-order valence-corrected chi connectivity index (χ4v) is 1.90. The van der Waals surface area contributed by atoms with Crippen LogP contribution in [0.3, 0.4) is 0 Å². The summed E-state index contributed by atoms with van der Waals surface area (Å²) in [5, 5.41) is 8.49. The second-order valence-corrected chi connectivity index (χ2v) is 5.55. The Bertz CT molecular complexity index is 456. The fourth-order valence-electron chi connectivity index (χ4n) is 1.44. The second-order valence-electron chi connectivity index (χ2n) is 4.20. The van der Waals surface area contributed by atoms with Crippen LogP contribution < -0.4 is 29.6 Å². The number of ether oxygens (including phenoxy) is 1. The molecule has 0 aliphatic rings. The van der Waals surface area contributed by atoms with Gasteiger partial charge < -0.3 is 14.4 Å². The second kappa shape index (κ2) is 12.2. The minimum absolute atomic E-state index is 0. The summed E-state index contributed by atoms with van der Waals surface area (Å²) in [6, 6.07) is 0. The van der Waals surface area contributed by atoms with Crippen molar-refractivity contribution in [1.82, 2.24) is 0 Å². The van der Waals surface area contributed by atoms with E-state index in [0.29, 0.717) is 6.42 Å². The van der Waals surface area contributed by atoms with Crippen LogP contribution in [0.4, 0.5) is 0 Å². The normalized spacial score (nSPS) is 11.6. The first-order valence-electron chi connectivity index (χ1n) is 6.36.